The molecular formula is C32H39Cl2F3N4O3S. The van der Waals surface area contributed by atoms with Crippen LogP contribution in [0.3, 0.4) is 0 Å². The van der Waals surface area contributed by atoms with Gasteiger partial charge in [-0.25, -0.2) is 9.78 Å². The zero-order chi connectivity index (χ0) is 32.2. The van der Waals surface area contributed by atoms with Gasteiger partial charge in [-0.2, -0.15) is 13.2 Å². The van der Waals surface area contributed by atoms with Crippen LogP contribution in [-0.2, 0) is 11.3 Å². The van der Waals surface area contributed by atoms with E-state index in [4.69, 9.17) is 42.8 Å². The first-order valence-electron chi connectivity index (χ1n) is 15.2. The fraction of sp³-hybridized carbons (Fsp3) is 0.500. The van der Waals surface area contributed by atoms with Gasteiger partial charge in [0.05, 0.1) is 22.3 Å². The average molecular weight is 688 g/mol. The number of alkyl halides is 3. The van der Waals surface area contributed by atoms with Crippen molar-refractivity contribution in [1.82, 2.24) is 15.2 Å². The number of thiazole rings is 1. The molecule has 7 nitrogen and oxygen atoms in total. The lowest BCUT2D eigenvalue weighted by atomic mass is 10.0. The quantitative estimate of drug-likeness (QED) is 0.197. The molecule has 0 spiro atoms. The molecule has 2 N–H and O–H groups in total. The third-order valence-corrected chi connectivity index (χ3v) is 9.40. The standard InChI is InChI=1S/C30H38Cl2N4OS.C2HF3O2/c31-27-11-6-23(20-28(27)32)21-35-17-12-25(13-18-35)33-14-2-5-19-37-26-9-7-24(8-10-26)29-22-38-30(34-29)36-15-3-1-4-16-36;3-2(4,5)1(6)7/h6-11,20,22,25,33H,1-5,12-19,21H2;(H,6,7). The molecule has 0 atom stereocenters. The van der Waals surface area contributed by atoms with Crippen molar-refractivity contribution in [3.8, 4) is 17.0 Å². The van der Waals surface area contributed by atoms with E-state index in [0.29, 0.717) is 16.1 Å². The molecule has 0 unspecified atom stereocenters. The lowest BCUT2D eigenvalue weighted by Gasteiger charge is -2.32. The van der Waals surface area contributed by atoms with Crippen LogP contribution in [0.2, 0.25) is 10.0 Å². The van der Waals surface area contributed by atoms with Crippen molar-refractivity contribution in [3.05, 3.63) is 63.5 Å². The number of unbranched alkanes of at least 4 members (excludes halogenated alkanes) is 1. The van der Waals surface area contributed by atoms with Gasteiger partial charge in [-0.1, -0.05) is 29.3 Å². The molecule has 45 heavy (non-hydrogen) atoms. The molecule has 3 heterocycles. The second kappa shape index (κ2) is 17.4. The molecule has 2 aliphatic heterocycles. The lowest BCUT2D eigenvalue weighted by Crippen LogP contribution is -2.42. The smallest absolute Gasteiger partial charge is 0.490 e. The Hall–Kier alpha value is -2.57. The molecule has 0 amide bonds. The van der Waals surface area contributed by atoms with Crippen LogP contribution in [0.15, 0.2) is 47.8 Å². The number of aliphatic carboxylic acids is 1. The highest BCUT2D eigenvalue weighted by Gasteiger charge is 2.38. The first-order chi connectivity index (χ1) is 21.6. The Bertz CT molecular complexity index is 1350. The van der Waals surface area contributed by atoms with Gasteiger partial charge in [0.25, 0.3) is 0 Å². The van der Waals surface area contributed by atoms with E-state index in [1.54, 1.807) is 11.3 Å². The number of carbonyl (C=O) groups is 1. The summed E-state index contributed by atoms with van der Waals surface area (Å²) >= 11 is 14.0. The Labute approximate surface area is 276 Å². The summed E-state index contributed by atoms with van der Waals surface area (Å²) in [5, 5.41) is 15.5. The molecule has 0 saturated carbocycles. The van der Waals surface area contributed by atoms with Gasteiger partial charge in [0.2, 0.25) is 0 Å². The topological polar surface area (TPSA) is 77.9 Å². The minimum Gasteiger partial charge on any atom is -0.494 e. The molecule has 0 radical (unpaired) electrons. The molecule has 2 aromatic carbocycles. The summed E-state index contributed by atoms with van der Waals surface area (Å²) in [6, 6.07) is 14.9. The number of ether oxygens (including phenoxy) is 1. The highest BCUT2D eigenvalue weighted by molar-refractivity contribution is 7.14. The van der Waals surface area contributed by atoms with Gasteiger partial charge in [0.15, 0.2) is 5.13 Å². The van der Waals surface area contributed by atoms with Crippen molar-refractivity contribution < 1.29 is 27.8 Å². The fourth-order valence-electron chi connectivity index (χ4n) is 5.26. The van der Waals surface area contributed by atoms with E-state index in [1.807, 2.05) is 12.1 Å². The van der Waals surface area contributed by atoms with E-state index in [9.17, 15) is 13.2 Å². The summed E-state index contributed by atoms with van der Waals surface area (Å²) in [5.74, 6) is -1.82. The number of nitrogens with one attached hydrogen (secondary N) is 1. The summed E-state index contributed by atoms with van der Waals surface area (Å²) in [5.41, 5.74) is 3.45. The van der Waals surface area contributed by atoms with Crippen molar-refractivity contribution in [2.45, 2.75) is 63.7 Å². The van der Waals surface area contributed by atoms with Crippen molar-refractivity contribution in [2.75, 3.05) is 44.2 Å². The number of hydrogen-bond donors (Lipinski definition) is 2. The molecule has 1 aromatic heterocycles. The van der Waals surface area contributed by atoms with Crippen molar-refractivity contribution in [2.24, 2.45) is 0 Å². The normalized spacial score (nSPS) is 16.2. The van der Waals surface area contributed by atoms with Gasteiger partial charge in [-0.15, -0.1) is 11.3 Å². The van der Waals surface area contributed by atoms with E-state index in [2.05, 4.69) is 50.8 Å². The maximum absolute atomic E-state index is 10.6. The van der Waals surface area contributed by atoms with E-state index >= 15 is 0 Å². The SMILES string of the molecule is Clc1ccc(CN2CCC(NCCCCOc3ccc(-c4csc(N5CCCCC5)n4)cc3)CC2)cc1Cl.O=C(O)C(F)(F)F. The Kier molecular flexibility index (Phi) is 13.6. The van der Waals surface area contributed by atoms with Gasteiger partial charge in [-0.3, -0.25) is 4.90 Å². The first kappa shape index (κ1) is 35.3. The number of likely N-dealkylation sites (tertiary alicyclic amines) is 1. The molecule has 2 aliphatic rings. The van der Waals surface area contributed by atoms with Crippen LogP contribution in [0.5, 0.6) is 5.75 Å². The molecule has 0 aliphatic carbocycles. The summed E-state index contributed by atoms with van der Waals surface area (Å²) < 4.78 is 37.7. The number of piperidine rings is 2. The summed E-state index contributed by atoms with van der Waals surface area (Å²) in [7, 11) is 0. The summed E-state index contributed by atoms with van der Waals surface area (Å²) in [6.45, 7) is 7.22. The highest BCUT2D eigenvalue weighted by atomic mass is 35.5. The van der Waals surface area contributed by atoms with Crippen molar-refractivity contribution in [1.29, 1.82) is 0 Å². The largest absolute Gasteiger partial charge is 0.494 e. The van der Waals surface area contributed by atoms with E-state index in [1.165, 1.54) is 37.7 Å². The van der Waals surface area contributed by atoms with E-state index in [-0.39, 0.29) is 0 Å². The Morgan fingerprint density at radius 2 is 1.69 bits per heavy atom. The number of benzene rings is 2. The molecule has 5 rings (SSSR count). The van der Waals surface area contributed by atoms with Crippen LogP contribution in [0.4, 0.5) is 18.3 Å². The number of nitrogens with zero attached hydrogens (tertiary/aromatic N) is 3. The third-order valence-electron chi connectivity index (χ3n) is 7.76. The molecule has 0 bridgehead atoms. The maximum atomic E-state index is 10.6. The highest BCUT2D eigenvalue weighted by Crippen LogP contribution is 2.30. The molecular weight excluding hydrogens is 648 g/mol. The number of anilines is 1. The Balaban J connectivity index is 0.000000591. The first-order valence-corrected chi connectivity index (χ1v) is 16.9. The predicted molar refractivity (Wildman–Crippen MR) is 175 cm³/mol. The van der Waals surface area contributed by atoms with Crippen LogP contribution < -0.4 is 15.0 Å². The minimum absolute atomic E-state index is 0.606. The second-order valence-corrected chi connectivity index (χ2v) is 12.8. The van der Waals surface area contributed by atoms with Crippen LogP contribution in [0, 0.1) is 0 Å². The van der Waals surface area contributed by atoms with Gasteiger partial charge in [0.1, 0.15) is 5.75 Å². The summed E-state index contributed by atoms with van der Waals surface area (Å²) in [6.07, 6.45) is 3.35. The molecule has 13 heteroatoms. The van der Waals surface area contributed by atoms with Crippen LogP contribution in [0.25, 0.3) is 11.3 Å². The molecule has 2 fully saturated rings. The second-order valence-electron chi connectivity index (χ2n) is 11.2. The van der Waals surface area contributed by atoms with Gasteiger partial charge >= 0.3 is 12.1 Å². The van der Waals surface area contributed by atoms with Crippen LogP contribution in [-0.4, -0.2) is 72.5 Å². The third kappa shape index (κ3) is 11.6. The number of rotatable bonds is 11. The van der Waals surface area contributed by atoms with Crippen molar-refractivity contribution in [3.63, 3.8) is 0 Å². The van der Waals surface area contributed by atoms with Crippen LogP contribution >= 0.6 is 34.5 Å². The number of halogens is 5. The Morgan fingerprint density at radius 3 is 2.33 bits per heavy atom. The van der Waals surface area contributed by atoms with E-state index in [0.717, 1.165) is 80.9 Å². The number of hydrogen-bond acceptors (Lipinski definition) is 7. The number of carboxylic acid groups (broad SMARTS) is 1. The van der Waals surface area contributed by atoms with Crippen LogP contribution in [0.1, 0.15) is 50.5 Å². The molecule has 3 aromatic rings. The van der Waals surface area contributed by atoms with Gasteiger partial charge < -0.3 is 20.1 Å². The van der Waals surface area contributed by atoms with Gasteiger partial charge in [-0.05, 0) is 107 Å². The average Bonchev–Trinajstić information content (AvgIpc) is 3.53. The predicted octanol–water partition coefficient (Wildman–Crippen LogP) is 8.15. The zero-order valence-electron chi connectivity index (χ0n) is 25.0. The maximum Gasteiger partial charge on any atom is 0.490 e. The number of aromatic nitrogens is 1. The molecule has 2 saturated heterocycles. The lowest BCUT2D eigenvalue weighted by molar-refractivity contribution is -0.192. The number of carboxylic acids is 1. The zero-order valence-corrected chi connectivity index (χ0v) is 27.3. The summed E-state index contributed by atoms with van der Waals surface area (Å²) in [4.78, 5) is 18.7. The van der Waals surface area contributed by atoms with E-state index < -0.39 is 12.1 Å². The monoisotopic (exact) mass is 686 g/mol. The molecule has 246 valence electrons. The Morgan fingerprint density at radius 1 is 1.00 bits per heavy atom. The van der Waals surface area contributed by atoms with Gasteiger partial charge in [0, 0.05) is 36.6 Å². The van der Waals surface area contributed by atoms with Crippen molar-refractivity contribution >= 4 is 45.6 Å². The fourth-order valence-corrected chi connectivity index (χ4v) is 6.47. The minimum atomic E-state index is -5.08.